The summed E-state index contributed by atoms with van der Waals surface area (Å²) in [5.74, 6) is -4.29. The molecular formula is C20H34O13. The number of carbonyl (C=O) groups is 2. The maximum Gasteiger partial charge on any atom is 0.335 e. The van der Waals surface area contributed by atoms with Gasteiger partial charge in [-0.1, -0.05) is 0 Å². The van der Waals surface area contributed by atoms with Gasteiger partial charge in [-0.15, -0.1) is 0 Å². The standard InChI is InChI=1S/C20H34O13/c1-19(2,3)33-18-11(24)10(23)13(14(32-18)16(27)28)31-17-9(22)8(21)6-7(20(4,5)29)12(30-17)15(25)26/h7-14,17-18,21-24,29H,6H2,1-5H3,(H,25,26)(H,27,28)/t7?,8-,9?,10?,11?,12?,13?,14?,17?,18?/m1/s1. The number of ether oxygens (including phenoxy) is 4. The zero-order valence-corrected chi connectivity index (χ0v) is 19.1. The first-order chi connectivity index (χ1) is 14.9. The molecule has 0 spiro atoms. The predicted molar refractivity (Wildman–Crippen MR) is 107 cm³/mol. The van der Waals surface area contributed by atoms with Gasteiger partial charge in [0.2, 0.25) is 0 Å². The molecule has 0 aliphatic carbocycles. The van der Waals surface area contributed by atoms with Crippen LogP contribution in [0.25, 0.3) is 0 Å². The minimum Gasteiger partial charge on any atom is -0.479 e. The van der Waals surface area contributed by atoms with E-state index < -0.39 is 84.4 Å². The predicted octanol–water partition coefficient (Wildman–Crippen LogP) is -1.97. The smallest absolute Gasteiger partial charge is 0.335 e. The third-order valence-corrected chi connectivity index (χ3v) is 5.51. The fourth-order valence-corrected chi connectivity index (χ4v) is 3.81. The second-order valence-electron chi connectivity index (χ2n) is 9.89. The molecule has 10 atom stereocenters. The minimum atomic E-state index is -1.94. The molecule has 0 aromatic rings. The largest absolute Gasteiger partial charge is 0.479 e. The summed E-state index contributed by atoms with van der Waals surface area (Å²) in [5.41, 5.74) is -2.50. The van der Waals surface area contributed by atoms with Crippen LogP contribution in [0.5, 0.6) is 0 Å². The van der Waals surface area contributed by atoms with E-state index in [1.807, 2.05) is 0 Å². The van der Waals surface area contributed by atoms with Crippen molar-refractivity contribution < 1.29 is 64.3 Å². The Morgan fingerprint density at radius 2 is 1.33 bits per heavy atom. The molecule has 0 saturated carbocycles. The first-order valence-electron chi connectivity index (χ1n) is 10.5. The molecule has 7 N–H and O–H groups in total. The van der Waals surface area contributed by atoms with Crippen LogP contribution in [0.15, 0.2) is 0 Å². The van der Waals surface area contributed by atoms with Gasteiger partial charge in [0.25, 0.3) is 0 Å². The molecule has 0 radical (unpaired) electrons. The van der Waals surface area contributed by atoms with Crippen LogP contribution in [-0.2, 0) is 28.5 Å². The van der Waals surface area contributed by atoms with Crippen molar-refractivity contribution in [2.75, 3.05) is 0 Å². The lowest BCUT2D eigenvalue weighted by molar-refractivity contribution is -0.343. The third kappa shape index (κ3) is 6.59. The monoisotopic (exact) mass is 482 g/mol. The Balaban J connectivity index is 2.33. The lowest BCUT2D eigenvalue weighted by atomic mass is 9.81. The van der Waals surface area contributed by atoms with Crippen LogP contribution in [0, 0.1) is 5.92 Å². The highest BCUT2D eigenvalue weighted by molar-refractivity contribution is 5.74. The number of hydrogen-bond acceptors (Lipinski definition) is 11. The quantitative estimate of drug-likeness (QED) is 0.219. The molecule has 33 heavy (non-hydrogen) atoms. The van der Waals surface area contributed by atoms with Gasteiger partial charge in [-0.25, -0.2) is 9.59 Å². The van der Waals surface area contributed by atoms with Crippen molar-refractivity contribution >= 4 is 11.9 Å². The van der Waals surface area contributed by atoms with Gasteiger partial charge < -0.3 is 54.7 Å². The number of aliphatic hydroxyl groups excluding tert-OH is 4. The lowest BCUT2D eigenvalue weighted by Crippen LogP contribution is -2.63. The molecule has 2 fully saturated rings. The Labute approximate surface area is 190 Å². The van der Waals surface area contributed by atoms with E-state index in [2.05, 4.69) is 0 Å². The van der Waals surface area contributed by atoms with E-state index in [9.17, 15) is 45.3 Å². The number of carboxylic acids is 2. The number of aliphatic hydroxyl groups is 5. The Bertz CT molecular complexity index is 699. The van der Waals surface area contributed by atoms with E-state index >= 15 is 0 Å². The molecule has 192 valence electrons. The average Bonchev–Trinajstić information content (AvgIpc) is 2.77. The molecule has 2 rings (SSSR count). The minimum absolute atomic E-state index is 0.377. The van der Waals surface area contributed by atoms with E-state index in [0.717, 1.165) is 0 Å². The first kappa shape index (κ1) is 27.8. The van der Waals surface area contributed by atoms with Gasteiger partial charge in [-0.3, -0.25) is 0 Å². The second-order valence-corrected chi connectivity index (χ2v) is 9.89. The zero-order chi connectivity index (χ0) is 25.5. The fourth-order valence-electron chi connectivity index (χ4n) is 3.81. The van der Waals surface area contributed by atoms with Crippen molar-refractivity contribution in [3.63, 3.8) is 0 Å². The number of aliphatic carboxylic acids is 2. The number of rotatable bonds is 6. The highest BCUT2D eigenvalue weighted by atomic mass is 16.7. The Morgan fingerprint density at radius 3 is 1.79 bits per heavy atom. The summed E-state index contributed by atoms with van der Waals surface area (Å²) >= 11 is 0. The summed E-state index contributed by atoms with van der Waals surface area (Å²) in [5, 5.41) is 71.4. The number of hydrogen-bond donors (Lipinski definition) is 7. The van der Waals surface area contributed by atoms with Crippen molar-refractivity contribution in [1.29, 1.82) is 0 Å². The van der Waals surface area contributed by atoms with Crippen molar-refractivity contribution in [1.82, 2.24) is 0 Å². The van der Waals surface area contributed by atoms with Crippen LogP contribution in [0.2, 0.25) is 0 Å². The van der Waals surface area contributed by atoms with Crippen molar-refractivity contribution in [3.05, 3.63) is 0 Å². The van der Waals surface area contributed by atoms with Crippen LogP contribution < -0.4 is 0 Å². The van der Waals surface area contributed by atoms with Gasteiger partial charge in [0.1, 0.15) is 24.4 Å². The molecule has 9 unspecified atom stereocenters. The van der Waals surface area contributed by atoms with Gasteiger partial charge in [0, 0.05) is 5.92 Å². The molecule has 0 amide bonds. The van der Waals surface area contributed by atoms with Gasteiger partial charge in [-0.2, -0.15) is 0 Å². The molecule has 0 aromatic heterocycles. The molecular weight excluding hydrogens is 448 g/mol. The van der Waals surface area contributed by atoms with Crippen molar-refractivity contribution in [2.45, 2.75) is 108 Å². The second kappa shape index (κ2) is 10.1. The van der Waals surface area contributed by atoms with Gasteiger partial charge in [0.05, 0.1) is 17.3 Å². The maximum absolute atomic E-state index is 11.8. The lowest BCUT2D eigenvalue weighted by Gasteiger charge is -2.43. The molecule has 0 bridgehead atoms. The molecule has 2 heterocycles. The Kier molecular flexibility index (Phi) is 8.48. The van der Waals surface area contributed by atoms with Crippen molar-refractivity contribution in [2.24, 2.45) is 5.92 Å². The van der Waals surface area contributed by atoms with E-state index in [4.69, 9.17) is 18.9 Å². The van der Waals surface area contributed by atoms with Crippen LogP contribution in [0.3, 0.4) is 0 Å². The Morgan fingerprint density at radius 1 is 0.818 bits per heavy atom. The molecule has 13 nitrogen and oxygen atoms in total. The van der Waals surface area contributed by atoms with E-state index in [1.54, 1.807) is 20.8 Å². The average molecular weight is 482 g/mol. The summed E-state index contributed by atoms with van der Waals surface area (Å²) < 4.78 is 21.5. The molecule has 13 heteroatoms. The zero-order valence-electron chi connectivity index (χ0n) is 19.1. The summed E-state index contributed by atoms with van der Waals surface area (Å²) in [6.07, 6.45) is -16.5. The SMILES string of the molecule is CC(C)(C)OC1OC(C(=O)O)C(OC2OC(C(=O)O)C(C(C)(C)O)C[C@@H](O)C2O)C(O)C1O. The normalized spacial score (nSPS) is 40.8. The topological polar surface area (TPSA) is 213 Å². The summed E-state index contributed by atoms with van der Waals surface area (Å²) in [6, 6.07) is 0. The Hall–Kier alpha value is -1.42. The molecule has 2 aliphatic heterocycles. The van der Waals surface area contributed by atoms with Gasteiger partial charge >= 0.3 is 11.9 Å². The number of carboxylic acid groups (broad SMARTS) is 2. The van der Waals surface area contributed by atoms with Crippen molar-refractivity contribution in [3.8, 4) is 0 Å². The summed E-state index contributed by atoms with van der Waals surface area (Å²) in [4.78, 5) is 23.6. The first-order valence-corrected chi connectivity index (χ1v) is 10.5. The van der Waals surface area contributed by atoms with Gasteiger partial charge in [0.15, 0.2) is 24.8 Å². The van der Waals surface area contributed by atoms with Crippen LogP contribution in [0.4, 0.5) is 0 Å². The molecule has 0 aromatic carbocycles. The summed E-state index contributed by atoms with van der Waals surface area (Å²) in [6.45, 7) is 7.48. The molecule has 2 aliphatic rings. The van der Waals surface area contributed by atoms with Crippen LogP contribution >= 0.6 is 0 Å². The molecule has 2 saturated heterocycles. The highest BCUT2D eigenvalue weighted by Crippen LogP contribution is 2.35. The third-order valence-electron chi connectivity index (χ3n) is 5.51. The van der Waals surface area contributed by atoms with Crippen LogP contribution in [-0.4, -0.2) is 114 Å². The maximum atomic E-state index is 11.8. The van der Waals surface area contributed by atoms with E-state index in [1.165, 1.54) is 13.8 Å². The van der Waals surface area contributed by atoms with Gasteiger partial charge in [-0.05, 0) is 41.0 Å². The summed E-state index contributed by atoms with van der Waals surface area (Å²) in [7, 11) is 0. The van der Waals surface area contributed by atoms with E-state index in [-0.39, 0.29) is 6.42 Å². The van der Waals surface area contributed by atoms with Crippen LogP contribution in [0.1, 0.15) is 41.0 Å². The highest BCUT2D eigenvalue weighted by Gasteiger charge is 2.53. The van der Waals surface area contributed by atoms with E-state index in [0.29, 0.717) is 0 Å². The fraction of sp³-hybridized carbons (Fsp3) is 0.900.